The first-order valence-electron chi connectivity index (χ1n) is 10.6. The largest absolute Gasteiger partial charge is 0.433 e. The third-order valence-electron chi connectivity index (χ3n) is 5.29. The van der Waals surface area contributed by atoms with Gasteiger partial charge in [0.25, 0.3) is 0 Å². The average Bonchev–Trinajstić information content (AvgIpc) is 2.77. The van der Waals surface area contributed by atoms with Crippen LogP contribution >= 0.6 is 11.6 Å². The van der Waals surface area contributed by atoms with Crippen LogP contribution in [0.25, 0.3) is 0 Å². The highest BCUT2D eigenvalue weighted by Gasteiger charge is 2.43. The van der Waals surface area contributed by atoms with Gasteiger partial charge in [0.1, 0.15) is 0 Å². The van der Waals surface area contributed by atoms with E-state index in [0.29, 0.717) is 26.1 Å². The van der Waals surface area contributed by atoms with Gasteiger partial charge in [-0.3, -0.25) is 4.79 Å². The zero-order valence-electron chi connectivity index (χ0n) is 18.4. The highest BCUT2D eigenvalue weighted by Crippen LogP contribution is 2.41. The van der Waals surface area contributed by atoms with Gasteiger partial charge in [0.2, 0.25) is 5.91 Å². The fraction of sp³-hybridized carbons (Fsp3) is 0.458. The fourth-order valence-electron chi connectivity index (χ4n) is 3.81. The standard InChI is InChI=1S/C22H24ClF2NO3.C2H6/c1-14(2)16-5-3-4-6-17(16)22(9-11-28-12-10-22)20(27)26-18-8-7-15(23)13-19(18)29-21(24)25;1-2/h3-8,13-14,21H,9-12H2,1-2H3,(H,26,27);1-2H3. The van der Waals surface area contributed by atoms with Crippen molar-refractivity contribution in [3.8, 4) is 5.75 Å². The monoisotopic (exact) mass is 453 g/mol. The molecule has 31 heavy (non-hydrogen) atoms. The number of ether oxygens (including phenoxy) is 2. The van der Waals surface area contributed by atoms with Gasteiger partial charge in [-0.15, -0.1) is 0 Å². The molecule has 3 rings (SSSR count). The van der Waals surface area contributed by atoms with Crippen LogP contribution < -0.4 is 10.1 Å². The summed E-state index contributed by atoms with van der Waals surface area (Å²) in [6.07, 6.45) is 1.00. The molecule has 2 aromatic rings. The second-order valence-electron chi connectivity index (χ2n) is 7.41. The Kier molecular flexibility index (Phi) is 9.26. The summed E-state index contributed by atoms with van der Waals surface area (Å²) < 4.78 is 35.7. The van der Waals surface area contributed by atoms with Crippen LogP contribution in [-0.4, -0.2) is 25.7 Å². The van der Waals surface area contributed by atoms with Gasteiger partial charge in [-0.2, -0.15) is 8.78 Å². The predicted molar refractivity (Wildman–Crippen MR) is 120 cm³/mol. The lowest BCUT2D eigenvalue weighted by Gasteiger charge is -2.38. The zero-order valence-corrected chi connectivity index (χ0v) is 19.1. The maximum Gasteiger partial charge on any atom is 0.387 e. The van der Waals surface area contributed by atoms with Gasteiger partial charge in [-0.05, 0) is 42.0 Å². The maximum atomic E-state index is 13.5. The molecule has 1 fully saturated rings. The van der Waals surface area contributed by atoms with Crippen LogP contribution in [-0.2, 0) is 14.9 Å². The van der Waals surface area contributed by atoms with E-state index in [9.17, 15) is 13.6 Å². The van der Waals surface area contributed by atoms with Crippen molar-refractivity contribution < 1.29 is 23.0 Å². The van der Waals surface area contributed by atoms with E-state index in [4.69, 9.17) is 16.3 Å². The van der Waals surface area contributed by atoms with E-state index in [-0.39, 0.29) is 28.3 Å². The first-order valence-corrected chi connectivity index (χ1v) is 10.9. The molecule has 0 bridgehead atoms. The van der Waals surface area contributed by atoms with Crippen LogP contribution in [0.15, 0.2) is 42.5 Å². The van der Waals surface area contributed by atoms with Crippen molar-refractivity contribution in [1.82, 2.24) is 0 Å². The summed E-state index contributed by atoms with van der Waals surface area (Å²) in [4.78, 5) is 13.5. The van der Waals surface area contributed by atoms with Gasteiger partial charge in [0.15, 0.2) is 5.75 Å². The number of rotatable bonds is 6. The van der Waals surface area contributed by atoms with Crippen molar-refractivity contribution in [3.05, 3.63) is 58.6 Å². The van der Waals surface area contributed by atoms with E-state index in [2.05, 4.69) is 23.9 Å². The summed E-state index contributed by atoms with van der Waals surface area (Å²) in [6.45, 7) is 6.03. The quantitative estimate of drug-likeness (QED) is 0.524. The molecule has 4 nitrogen and oxygen atoms in total. The number of halogens is 3. The molecule has 1 saturated heterocycles. The smallest absolute Gasteiger partial charge is 0.387 e. The summed E-state index contributed by atoms with van der Waals surface area (Å²) in [5.41, 5.74) is 1.37. The van der Waals surface area contributed by atoms with Crippen molar-refractivity contribution in [3.63, 3.8) is 0 Å². The normalized spacial score (nSPS) is 15.3. The fourth-order valence-corrected chi connectivity index (χ4v) is 3.97. The van der Waals surface area contributed by atoms with Gasteiger partial charge >= 0.3 is 6.61 Å². The molecule has 0 atom stereocenters. The topological polar surface area (TPSA) is 47.6 Å². The number of amides is 1. The Hall–Kier alpha value is -2.18. The molecule has 1 aliphatic heterocycles. The molecular weight excluding hydrogens is 424 g/mol. The van der Waals surface area contributed by atoms with E-state index in [1.54, 1.807) is 0 Å². The van der Waals surface area contributed by atoms with Gasteiger partial charge in [0, 0.05) is 24.3 Å². The second kappa shape index (κ2) is 11.4. The van der Waals surface area contributed by atoms with Crippen molar-refractivity contribution in [1.29, 1.82) is 0 Å². The summed E-state index contributed by atoms with van der Waals surface area (Å²) in [5.74, 6) is -0.206. The Morgan fingerprint density at radius 1 is 1.13 bits per heavy atom. The molecule has 0 spiro atoms. The molecule has 1 heterocycles. The second-order valence-corrected chi connectivity index (χ2v) is 7.85. The molecule has 7 heteroatoms. The van der Waals surface area contributed by atoms with Crippen LogP contribution in [0, 0.1) is 0 Å². The van der Waals surface area contributed by atoms with Gasteiger partial charge < -0.3 is 14.8 Å². The molecule has 2 aromatic carbocycles. The number of nitrogens with one attached hydrogen (secondary N) is 1. The summed E-state index contributed by atoms with van der Waals surface area (Å²) >= 11 is 5.91. The SMILES string of the molecule is CC.CC(C)c1ccccc1C1(C(=O)Nc2ccc(Cl)cc2OC(F)F)CCOCC1. The molecule has 0 aliphatic carbocycles. The van der Waals surface area contributed by atoms with Crippen molar-refractivity contribution >= 4 is 23.2 Å². The number of carbonyl (C=O) groups is 1. The predicted octanol–water partition coefficient (Wildman–Crippen LogP) is 6.78. The molecule has 0 saturated carbocycles. The summed E-state index contributed by atoms with van der Waals surface area (Å²) in [5, 5.41) is 3.05. The minimum absolute atomic E-state index is 0.160. The van der Waals surface area contributed by atoms with E-state index in [0.717, 1.165) is 11.1 Å². The molecule has 0 radical (unpaired) electrons. The first-order chi connectivity index (χ1) is 14.8. The van der Waals surface area contributed by atoms with Gasteiger partial charge in [-0.25, -0.2) is 0 Å². The number of alkyl halides is 2. The lowest BCUT2D eigenvalue weighted by Crippen LogP contribution is -2.45. The van der Waals surface area contributed by atoms with Crippen LogP contribution in [0.4, 0.5) is 14.5 Å². The van der Waals surface area contributed by atoms with Crippen LogP contribution in [0.3, 0.4) is 0 Å². The average molecular weight is 454 g/mol. The lowest BCUT2D eigenvalue weighted by molar-refractivity contribution is -0.125. The van der Waals surface area contributed by atoms with Crippen LogP contribution in [0.2, 0.25) is 5.02 Å². The Morgan fingerprint density at radius 3 is 2.39 bits per heavy atom. The molecular formula is C24H30ClF2NO3. The highest BCUT2D eigenvalue weighted by molar-refractivity contribution is 6.30. The van der Waals surface area contributed by atoms with Crippen molar-refractivity contribution in [2.75, 3.05) is 18.5 Å². The minimum atomic E-state index is -3.03. The first kappa shape index (κ1) is 25.1. The summed E-state index contributed by atoms with van der Waals surface area (Å²) in [7, 11) is 0. The minimum Gasteiger partial charge on any atom is -0.433 e. The lowest BCUT2D eigenvalue weighted by atomic mass is 9.70. The molecule has 1 aliphatic rings. The highest BCUT2D eigenvalue weighted by atomic mass is 35.5. The van der Waals surface area contributed by atoms with Gasteiger partial charge in [-0.1, -0.05) is 63.6 Å². The summed E-state index contributed by atoms with van der Waals surface area (Å²) in [6, 6.07) is 12.1. The van der Waals surface area contributed by atoms with E-state index < -0.39 is 12.0 Å². The third-order valence-corrected chi connectivity index (χ3v) is 5.52. The molecule has 0 aromatic heterocycles. The molecule has 1 N–H and O–H groups in total. The zero-order chi connectivity index (χ0) is 23.0. The Labute approximate surface area is 187 Å². The van der Waals surface area contributed by atoms with Crippen LogP contribution in [0.1, 0.15) is 57.6 Å². The maximum absolute atomic E-state index is 13.5. The van der Waals surface area contributed by atoms with Crippen LogP contribution in [0.5, 0.6) is 5.75 Å². The number of anilines is 1. The van der Waals surface area contributed by atoms with Crippen molar-refractivity contribution in [2.24, 2.45) is 0 Å². The van der Waals surface area contributed by atoms with Crippen molar-refractivity contribution in [2.45, 2.75) is 58.5 Å². The Balaban J connectivity index is 0.00000166. The number of hydrogen-bond acceptors (Lipinski definition) is 3. The van der Waals surface area contributed by atoms with Gasteiger partial charge in [0.05, 0.1) is 11.1 Å². The number of carbonyl (C=O) groups excluding carboxylic acids is 1. The van der Waals surface area contributed by atoms with E-state index in [1.165, 1.54) is 18.2 Å². The Bertz CT molecular complexity index is 868. The molecule has 0 unspecified atom stereocenters. The number of hydrogen-bond donors (Lipinski definition) is 1. The molecule has 170 valence electrons. The Morgan fingerprint density at radius 2 is 1.77 bits per heavy atom. The van der Waals surface area contributed by atoms with E-state index in [1.807, 2.05) is 38.1 Å². The van der Waals surface area contributed by atoms with E-state index >= 15 is 0 Å². The molecule has 1 amide bonds. The number of benzene rings is 2. The third kappa shape index (κ3) is 5.95.